The Labute approximate surface area is 101 Å². The van der Waals surface area contributed by atoms with Crippen molar-refractivity contribution in [3.8, 4) is 0 Å². The number of nitrogens with one attached hydrogen (secondary N) is 1. The monoisotopic (exact) mass is 234 g/mol. The molecule has 17 heavy (non-hydrogen) atoms. The van der Waals surface area contributed by atoms with Crippen molar-refractivity contribution in [2.75, 3.05) is 18.4 Å². The number of aromatic nitrogens is 2. The maximum atomic E-state index is 11.6. The average Bonchev–Trinajstić information content (AvgIpc) is 2.61. The Balaban J connectivity index is 1.97. The molecule has 0 aromatic carbocycles. The fourth-order valence-electron chi connectivity index (χ4n) is 2.03. The van der Waals surface area contributed by atoms with E-state index in [1.54, 1.807) is 12.4 Å². The summed E-state index contributed by atoms with van der Waals surface area (Å²) in [5, 5.41) is 3.09. The van der Waals surface area contributed by atoms with Gasteiger partial charge in [0.15, 0.2) is 0 Å². The molecule has 0 aliphatic carbocycles. The summed E-state index contributed by atoms with van der Waals surface area (Å²) in [4.78, 5) is 22.0. The molecule has 0 bridgehead atoms. The van der Waals surface area contributed by atoms with Gasteiger partial charge in [-0.1, -0.05) is 6.92 Å². The average molecular weight is 234 g/mol. The third-order valence-electron chi connectivity index (χ3n) is 2.82. The lowest BCUT2D eigenvalue weighted by Crippen LogP contribution is -2.25. The topological polar surface area (TPSA) is 58.1 Å². The van der Waals surface area contributed by atoms with E-state index in [2.05, 4.69) is 22.2 Å². The van der Waals surface area contributed by atoms with Gasteiger partial charge in [-0.05, 0) is 12.8 Å². The molecular formula is C12H18N4O. The van der Waals surface area contributed by atoms with Gasteiger partial charge in [0.05, 0.1) is 24.6 Å². The number of hydrogen-bond acceptors (Lipinski definition) is 4. The maximum Gasteiger partial charge on any atom is 0.223 e. The maximum absolute atomic E-state index is 11.6. The van der Waals surface area contributed by atoms with E-state index in [9.17, 15) is 4.79 Å². The van der Waals surface area contributed by atoms with Crippen LogP contribution in [-0.2, 0) is 11.3 Å². The van der Waals surface area contributed by atoms with Gasteiger partial charge in [0.2, 0.25) is 5.91 Å². The van der Waals surface area contributed by atoms with Crippen LogP contribution in [-0.4, -0.2) is 33.9 Å². The zero-order valence-corrected chi connectivity index (χ0v) is 10.3. The third-order valence-corrected chi connectivity index (χ3v) is 2.82. The molecule has 5 heteroatoms. The molecule has 1 aliphatic rings. The zero-order valence-electron chi connectivity index (χ0n) is 10.3. The first-order chi connectivity index (χ1) is 8.19. The minimum atomic E-state index is 0.218. The molecule has 2 rings (SSSR count). The minimum absolute atomic E-state index is 0.218. The molecule has 0 spiro atoms. The van der Waals surface area contributed by atoms with Crippen molar-refractivity contribution in [1.29, 1.82) is 0 Å². The highest BCUT2D eigenvalue weighted by Crippen LogP contribution is 2.18. The van der Waals surface area contributed by atoms with Crippen LogP contribution in [0.25, 0.3) is 0 Å². The number of carbonyl (C=O) groups excluding carboxylic acids is 1. The van der Waals surface area contributed by atoms with E-state index >= 15 is 0 Å². The van der Waals surface area contributed by atoms with Crippen LogP contribution in [0.5, 0.6) is 0 Å². The number of anilines is 1. The molecule has 1 N–H and O–H groups in total. The molecule has 1 atom stereocenters. The summed E-state index contributed by atoms with van der Waals surface area (Å²) in [5.41, 5.74) is 0.842. The van der Waals surface area contributed by atoms with E-state index < -0.39 is 0 Å². The van der Waals surface area contributed by atoms with Gasteiger partial charge in [-0.25, -0.2) is 4.98 Å². The number of carbonyl (C=O) groups is 1. The fraction of sp³-hybridized carbons (Fsp3) is 0.583. The molecular weight excluding hydrogens is 216 g/mol. The first-order valence-corrected chi connectivity index (χ1v) is 6.01. The van der Waals surface area contributed by atoms with Crippen molar-refractivity contribution in [3.05, 3.63) is 18.1 Å². The summed E-state index contributed by atoms with van der Waals surface area (Å²) in [5.74, 6) is 1.45. The number of hydrogen-bond donors (Lipinski definition) is 1. The Morgan fingerprint density at radius 1 is 1.47 bits per heavy atom. The molecule has 1 amide bonds. The zero-order chi connectivity index (χ0) is 12.3. The lowest BCUT2D eigenvalue weighted by molar-refractivity contribution is -0.128. The van der Waals surface area contributed by atoms with Gasteiger partial charge in [0.1, 0.15) is 5.82 Å². The number of likely N-dealkylation sites (tertiary alicyclic amines) is 1. The van der Waals surface area contributed by atoms with Crippen LogP contribution >= 0.6 is 0 Å². The van der Waals surface area contributed by atoms with Crippen LogP contribution in [0.15, 0.2) is 12.4 Å². The Bertz CT molecular complexity index is 390. The number of rotatable bonds is 4. The van der Waals surface area contributed by atoms with Crippen LogP contribution in [0, 0.1) is 5.92 Å². The van der Waals surface area contributed by atoms with Crippen molar-refractivity contribution in [2.24, 2.45) is 5.92 Å². The van der Waals surface area contributed by atoms with Crippen LogP contribution in [0.2, 0.25) is 0 Å². The van der Waals surface area contributed by atoms with Crippen molar-refractivity contribution >= 4 is 11.7 Å². The van der Waals surface area contributed by atoms with Crippen molar-refractivity contribution in [3.63, 3.8) is 0 Å². The van der Waals surface area contributed by atoms with E-state index in [1.807, 2.05) is 11.8 Å². The first-order valence-electron chi connectivity index (χ1n) is 6.01. The van der Waals surface area contributed by atoms with Gasteiger partial charge in [-0.3, -0.25) is 9.78 Å². The number of amides is 1. The highest BCUT2D eigenvalue weighted by atomic mass is 16.2. The SMILES string of the molecule is CCNc1cnc(CN2CC(C)CC2=O)cn1. The Kier molecular flexibility index (Phi) is 3.56. The van der Waals surface area contributed by atoms with E-state index in [4.69, 9.17) is 0 Å². The molecule has 0 saturated carbocycles. The smallest absolute Gasteiger partial charge is 0.223 e. The van der Waals surface area contributed by atoms with Crippen LogP contribution in [0.1, 0.15) is 26.0 Å². The molecule has 1 fully saturated rings. The third kappa shape index (κ3) is 2.93. The molecule has 0 radical (unpaired) electrons. The van der Waals surface area contributed by atoms with Gasteiger partial charge in [-0.2, -0.15) is 0 Å². The summed E-state index contributed by atoms with van der Waals surface area (Å²) >= 11 is 0. The van der Waals surface area contributed by atoms with Crippen molar-refractivity contribution in [1.82, 2.24) is 14.9 Å². The summed E-state index contributed by atoms with van der Waals surface area (Å²) in [6.07, 6.45) is 4.10. The van der Waals surface area contributed by atoms with Crippen molar-refractivity contribution < 1.29 is 4.79 Å². The molecule has 5 nitrogen and oxygen atoms in total. The van der Waals surface area contributed by atoms with Gasteiger partial charge in [0, 0.05) is 19.5 Å². The van der Waals surface area contributed by atoms with Gasteiger partial charge >= 0.3 is 0 Å². The van der Waals surface area contributed by atoms with Gasteiger partial charge < -0.3 is 10.2 Å². The lowest BCUT2D eigenvalue weighted by Gasteiger charge is -2.15. The van der Waals surface area contributed by atoms with E-state index in [0.29, 0.717) is 18.9 Å². The van der Waals surface area contributed by atoms with Gasteiger partial charge in [0.25, 0.3) is 0 Å². The standard InChI is InChI=1S/C12H18N4O/c1-3-13-11-6-14-10(5-15-11)8-16-7-9(2)4-12(16)17/h5-6,9H,3-4,7-8H2,1-2H3,(H,13,15). The predicted molar refractivity (Wildman–Crippen MR) is 65.4 cm³/mol. The Hall–Kier alpha value is -1.65. The molecule has 1 aromatic heterocycles. The summed E-state index contributed by atoms with van der Waals surface area (Å²) < 4.78 is 0. The minimum Gasteiger partial charge on any atom is -0.369 e. The second-order valence-corrected chi connectivity index (χ2v) is 4.51. The molecule has 1 unspecified atom stereocenters. The second-order valence-electron chi connectivity index (χ2n) is 4.51. The van der Waals surface area contributed by atoms with E-state index in [1.165, 1.54) is 0 Å². The molecule has 1 aliphatic heterocycles. The lowest BCUT2D eigenvalue weighted by atomic mass is 10.2. The second kappa shape index (κ2) is 5.12. The highest BCUT2D eigenvalue weighted by molar-refractivity contribution is 5.78. The quantitative estimate of drug-likeness (QED) is 0.852. The van der Waals surface area contributed by atoms with Crippen LogP contribution < -0.4 is 5.32 Å². The summed E-state index contributed by atoms with van der Waals surface area (Å²) in [7, 11) is 0. The largest absolute Gasteiger partial charge is 0.369 e. The summed E-state index contributed by atoms with van der Waals surface area (Å²) in [6, 6.07) is 0. The normalized spacial score (nSPS) is 19.8. The highest BCUT2D eigenvalue weighted by Gasteiger charge is 2.26. The molecule has 1 aromatic rings. The van der Waals surface area contributed by atoms with Crippen molar-refractivity contribution in [2.45, 2.75) is 26.8 Å². The number of nitrogens with zero attached hydrogens (tertiary/aromatic N) is 3. The Morgan fingerprint density at radius 2 is 2.29 bits per heavy atom. The van der Waals surface area contributed by atoms with Crippen LogP contribution in [0.3, 0.4) is 0 Å². The summed E-state index contributed by atoms with van der Waals surface area (Å²) in [6.45, 7) is 6.34. The predicted octanol–water partition coefficient (Wildman–Crippen LogP) is 1.28. The Morgan fingerprint density at radius 3 is 2.82 bits per heavy atom. The molecule has 2 heterocycles. The molecule has 92 valence electrons. The van der Waals surface area contributed by atoms with Gasteiger partial charge in [-0.15, -0.1) is 0 Å². The van der Waals surface area contributed by atoms with E-state index in [0.717, 1.165) is 24.6 Å². The van der Waals surface area contributed by atoms with E-state index in [-0.39, 0.29) is 5.91 Å². The first kappa shape index (κ1) is 11.8. The fourth-order valence-corrected chi connectivity index (χ4v) is 2.03. The molecule has 1 saturated heterocycles. The van der Waals surface area contributed by atoms with Crippen LogP contribution in [0.4, 0.5) is 5.82 Å².